The van der Waals surface area contributed by atoms with E-state index in [4.69, 9.17) is 9.52 Å². The number of rotatable bonds is 4. The molecule has 1 aromatic heterocycles. The fourth-order valence-corrected chi connectivity index (χ4v) is 2.17. The van der Waals surface area contributed by atoms with E-state index in [1.807, 2.05) is 0 Å². The molecule has 1 N–H and O–H groups in total. The summed E-state index contributed by atoms with van der Waals surface area (Å²) in [4.78, 5) is 10.4. The number of hydrogen-bond acceptors (Lipinski definition) is 5. The minimum absolute atomic E-state index is 0.156. The second kappa shape index (κ2) is 5.49. The summed E-state index contributed by atoms with van der Waals surface area (Å²) in [5.41, 5.74) is 0.547. The second-order valence-electron chi connectivity index (χ2n) is 3.18. The first-order valence-corrected chi connectivity index (χ1v) is 6.47. The molecule has 1 heterocycles. The van der Waals surface area contributed by atoms with Gasteiger partial charge in [-0.25, -0.2) is 4.39 Å². The Bertz CT molecular complexity index is 590. The van der Waals surface area contributed by atoms with E-state index in [1.165, 1.54) is 18.2 Å². The van der Waals surface area contributed by atoms with E-state index >= 15 is 0 Å². The van der Waals surface area contributed by atoms with E-state index in [2.05, 4.69) is 26.1 Å². The molecule has 18 heavy (non-hydrogen) atoms. The number of hydrogen-bond donors (Lipinski definition) is 1. The summed E-state index contributed by atoms with van der Waals surface area (Å²) in [7, 11) is 0. The van der Waals surface area contributed by atoms with E-state index < -0.39 is 5.97 Å². The van der Waals surface area contributed by atoms with Gasteiger partial charge in [0.1, 0.15) is 11.6 Å². The first-order chi connectivity index (χ1) is 8.56. The van der Waals surface area contributed by atoms with Gasteiger partial charge in [-0.15, -0.1) is 10.2 Å². The predicted molar refractivity (Wildman–Crippen MR) is 65.8 cm³/mol. The molecular weight excluding hydrogens is 327 g/mol. The van der Waals surface area contributed by atoms with Crippen molar-refractivity contribution in [2.45, 2.75) is 5.22 Å². The molecule has 0 aliphatic heterocycles. The maximum absolute atomic E-state index is 12.9. The molecule has 0 amide bonds. The Morgan fingerprint density at radius 3 is 2.94 bits per heavy atom. The van der Waals surface area contributed by atoms with Gasteiger partial charge in [-0.2, -0.15) is 0 Å². The largest absolute Gasteiger partial charge is 0.481 e. The zero-order valence-electron chi connectivity index (χ0n) is 8.76. The van der Waals surface area contributed by atoms with Gasteiger partial charge in [0.15, 0.2) is 0 Å². The van der Waals surface area contributed by atoms with Crippen molar-refractivity contribution in [2.24, 2.45) is 0 Å². The van der Waals surface area contributed by atoms with Gasteiger partial charge in [0.2, 0.25) is 5.89 Å². The number of benzene rings is 1. The van der Waals surface area contributed by atoms with Crippen molar-refractivity contribution in [1.29, 1.82) is 0 Å². The third-order valence-corrected chi connectivity index (χ3v) is 3.35. The average Bonchev–Trinajstić information content (AvgIpc) is 2.75. The minimum Gasteiger partial charge on any atom is -0.481 e. The minimum atomic E-state index is -0.970. The fraction of sp³-hybridized carbons (Fsp3) is 0.100. The molecule has 0 atom stereocenters. The Hall–Kier alpha value is -1.41. The average molecular weight is 333 g/mol. The molecule has 0 unspecified atom stereocenters. The van der Waals surface area contributed by atoms with Crippen LogP contribution in [-0.4, -0.2) is 27.0 Å². The highest BCUT2D eigenvalue weighted by Gasteiger charge is 2.13. The lowest BCUT2D eigenvalue weighted by Crippen LogP contribution is -1.97. The summed E-state index contributed by atoms with van der Waals surface area (Å²) in [6.45, 7) is 0. The lowest BCUT2D eigenvalue weighted by molar-refractivity contribution is -0.133. The van der Waals surface area contributed by atoms with Crippen LogP contribution < -0.4 is 0 Å². The summed E-state index contributed by atoms with van der Waals surface area (Å²) in [6.07, 6.45) is 0. The SMILES string of the molecule is O=C(O)CSc1nnc(-c2ccc(F)cc2Br)o1. The molecule has 0 aliphatic carbocycles. The topological polar surface area (TPSA) is 76.2 Å². The molecule has 2 aromatic rings. The normalized spacial score (nSPS) is 10.6. The van der Waals surface area contributed by atoms with Crippen molar-refractivity contribution in [2.75, 3.05) is 5.75 Å². The summed E-state index contributed by atoms with van der Waals surface area (Å²) in [5.74, 6) is -1.31. The first-order valence-electron chi connectivity index (χ1n) is 4.70. The number of halogens is 2. The van der Waals surface area contributed by atoms with Gasteiger partial charge in [-0.1, -0.05) is 11.8 Å². The summed E-state index contributed by atoms with van der Waals surface area (Å²) in [6, 6.07) is 4.05. The Morgan fingerprint density at radius 2 is 2.28 bits per heavy atom. The molecule has 2 rings (SSSR count). The van der Waals surface area contributed by atoms with Gasteiger partial charge in [0.05, 0.1) is 5.56 Å². The molecule has 0 spiro atoms. The molecule has 0 radical (unpaired) electrons. The van der Waals surface area contributed by atoms with Crippen LogP contribution in [0.3, 0.4) is 0 Å². The van der Waals surface area contributed by atoms with Crippen LogP contribution in [-0.2, 0) is 4.79 Å². The Morgan fingerprint density at radius 1 is 1.50 bits per heavy atom. The van der Waals surface area contributed by atoms with E-state index in [9.17, 15) is 9.18 Å². The third-order valence-electron chi connectivity index (χ3n) is 1.89. The van der Waals surface area contributed by atoms with Crippen molar-refractivity contribution in [3.05, 3.63) is 28.5 Å². The number of nitrogens with zero attached hydrogens (tertiary/aromatic N) is 2. The fourth-order valence-electron chi connectivity index (χ4n) is 1.16. The van der Waals surface area contributed by atoms with E-state index in [1.54, 1.807) is 0 Å². The van der Waals surface area contributed by atoms with Crippen LogP contribution >= 0.6 is 27.7 Å². The van der Waals surface area contributed by atoms with Gasteiger partial charge in [-0.3, -0.25) is 4.79 Å². The lowest BCUT2D eigenvalue weighted by atomic mass is 10.2. The van der Waals surface area contributed by atoms with Crippen LogP contribution in [0.4, 0.5) is 4.39 Å². The van der Waals surface area contributed by atoms with Gasteiger partial charge < -0.3 is 9.52 Å². The van der Waals surface area contributed by atoms with Crippen molar-refractivity contribution in [3.63, 3.8) is 0 Å². The molecule has 0 fully saturated rings. The predicted octanol–water partition coefficient (Wildman–Crippen LogP) is 2.81. The van der Waals surface area contributed by atoms with Crippen LogP contribution in [0.5, 0.6) is 0 Å². The zero-order valence-corrected chi connectivity index (χ0v) is 11.2. The number of aromatic nitrogens is 2. The number of carboxylic acid groups (broad SMARTS) is 1. The highest BCUT2D eigenvalue weighted by Crippen LogP contribution is 2.29. The van der Waals surface area contributed by atoms with Gasteiger partial charge >= 0.3 is 5.97 Å². The quantitative estimate of drug-likeness (QED) is 0.867. The molecule has 0 bridgehead atoms. The highest BCUT2D eigenvalue weighted by atomic mass is 79.9. The van der Waals surface area contributed by atoms with Gasteiger partial charge in [-0.05, 0) is 34.1 Å². The monoisotopic (exact) mass is 332 g/mol. The molecule has 0 saturated carbocycles. The van der Waals surface area contributed by atoms with Crippen molar-refractivity contribution < 1.29 is 18.7 Å². The number of thioether (sulfide) groups is 1. The van der Waals surface area contributed by atoms with Crippen LogP contribution in [0, 0.1) is 5.82 Å². The molecule has 0 aliphatic rings. The Kier molecular flexibility index (Phi) is 3.97. The van der Waals surface area contributed by atoms with Crippen LogP contribution in [0.2, 0.25) is 0 Å². The molecule has 1 aromatic carbocycles. The molecule has 8 heteroatoms. The van der Waals surface area contributed by atoms with Crippen LogP contribution in [0.25, 0.3) is 11.5 Å². The first kappa shape index (κ1) is 13.0. The molecule has 5 nitrogen and oxygen atoms in total. The maximum atomic E-state index is 12.9. The highest BCUT2D eigenvalue weighted by molar-refractivity contribution is 9.10. The summed E-state index contributed by atoms with van der Waals surface area (Å²) in [5, 5.41) is 16.1. The van der Waals surface area contributed by atoms with Crippen LogP contribution in [0.15, 0.2) is 32.3 Å². The summed E-state index contributed by atoms with van der Waals surface area (Å²) < 4.78 is 18.7. The van der Waals surface area contributed by atoms with Crippen molar-refractivity contribution in [1.82, 2.24) is 10.2 Å². The van der Waals surface area contributed by atoms with Gasteiger partial charge in [0.25, 0.3) is 5.22 Å². The van der Waals surface area contributed by atoms with E-state index in [-0.39, 0.29) is 22.7 Å². The zero-order chi connectivity index (χ0) is 13.1. The standard InChI is InChI=1S/C10H6BrFN2O3S/c11-7-3-5(12)1-2-6(7)9-13-14-10(17-9)18-4-8(15)16/h1-3H,4H2,(H,15,16). The smallest absolute Gasteiger partial charge is 0.314 e. The lowest BCUT2D eigenvalue weighted by Gasteiger charge is -1.98. The molecular formula is C10H6BrFN2O3S. The maximum Gasteiger partial charge on any atom is 0.314 e. The van der Waals surface area contributed by atoms with E-state index in [0.717, 1.165) is 11.8 Å². The Balaban J connectivity index is 2.21. The third kappa shape index (κ3) is 3.08. The Labute approximate surface area is 114 Å². The van der Waals surface area contributed by atoms with Crippen molar-refractivity contribution >= 4 is 33.7 Å². The van der Waals surface area contributed by atoms with Crippen LogP contribution in [0.1, 0.15) is 0 Å². The number of aliphatic carboxylic acids is 1. The van der Waals surface area contributed by atoms with E-state index in [0.29, 0.717) is 10.0 Å². The molecule has 94 valence electrons. The van der Waals surface area contributed by atoms with Gasteiger partial charge in [0, 0.05) is 4.47 Å². The van der Waals surface area contributed by atoms with Crippen molar-refractivity contribution in [3.8, 4) is 11.5 Å². The molecule has 0 saturated heterocycles. The number of carbonyl (C=O) groups is 1. The summed E-state index contributed by atoms with van der Waals surface area (Å²) >= 11 is 4.11. The number of carboxylic acids is 1. The second-order valence-corrected chi connectivity index (χ2v) is 4.96.